The Hall–Kier alpha value is -3.81. The highest BCUT2D eigenvalue weighted by atomic mass is 16.5. The maximum Gasteiger partial charge on any atom is 0.305 e. The standard InChI is InChI=1S/C22H21NO7/c1-29-14-9-7-13(8-10-14)20(26)18-19(15-5-3-4-6-16(15)30-2)23(12-11-17(24)25)22(28)21(18)27/h3-10,19,26H,11-12H2,1-2H3,(H,24,25)/t19-/m0/s1. The number of para-hydroxylation sites is 1. The van der Waals surface area contributed by atoms with Gasteiger partial charge in [-0.3, -0.25) is 14.4 Å². The van der Waals surface area contributed by atoms with E-state index >= 15 is 0 Å². The summed E-state index contributed by atoms with van der Waals surface area (Å²) in [6.07, 6.45) is -0.346. The number of likely N-dealkylation sites (tertiary alicyclic amines) is 1. The van der Waals surface area contributed by atoms with Crippen molar-refractivity contribution in [2.75, 3.05) is 20.8 Å². The summed E-state index contributed by atoms with van der Waals surface area (Å²) in [6, 6.07) is 12.2. The Labute approximate surface area is 173 Å². The van der Waals surface area contributed by atoms with Crippen LogP contribution in [0.4, 0.5) is 0 Å². The number of Topliss-reactive ketones (excluding diaryl/α,β-unsaturated/α-hetero) is 1. The van der Waals surface area contributed by atoms with Gasteiger partial charge in [0.2, 0.25) is 0 Å². The van der Waals surface area contributed by atoms with E-state index < -0.39 is 23.7 Å². The van der Waals surface area contributed by atoms with Crippen LogP contribution >= 0.6 is 0 Å². The van der Waals surface area contributed by atoms with E-state index in [2.05, 4.69) is 0 Å². The molecule has 1 amide bonds. The normalized spacial score (nSPS) is 17.8. The molecule has 3 rings (SSSR count). The Balaban J connectivity index is 2.18. The number of ether oxygens (including phenoxy) is 2. The van der Waals surface area contributed by atoms with E-state index in [1.54, 1.807) is 48.5 Å². The van der Waals surface area contributed by atoms with Gasteiger partial charge in [-0.1, -0.05) is 18.2 Å². The quantitative estimate of drug-likeness (QED) is 0.409. The fourth-order valence-corrected chi connectivity index (χ4v) is 3.45. The van der Waals surface area contributed by atoms with Gasteiger partial charge in [0.1, 0.15) is 17.3 Å². The molecule has 8 heteroatoms. The average Bonchev–Trinajstić information content (AvgIpc) is 3.01. The molecule has 1 aliphatic rings. The number of carbonyl (C=O) groups is 3. The van der Waals surface area contributed by atoms with Crippen LogP contribution in [0, 0.1) is 0 Å². The number of nitrogens with zero attached hydrogens (tertiary/aromatic N) is 1. The first kappa shape index (κ1) is 20.9. The Bertz CT molecular complexity index is 1010. The van der Waals surface area contributed by atoms with Crippen LogP contribution in [-0.2, 0) is 14.4 Å². The van der Waals surface area contributed by atoms with Gasteiger partial charge < -0.3 is 24.6 Å². The van der Waals surface area contributed by atoms with Crippen LogP contribution in [0.1, 0.15) is 23.6 Å². The highest BCUT2D eigenvalue weighted by Gasteiger charge is 2.47. The number of amides is 1. The molecule has 0 aromatic heterocycles. The first-order valence-corrected chi connectivity index (χ1v) is 9.16. The van der Waals surface area contributed by atoms with Crippen LogP contribution < -0.4 is 9.47 Å². The average molecular weight is 411 g/mol. The molecule has 0 aliphatic carbocycles. The molecule has 30 heavy (non-hydrogen) atoms. The van der Waals surface area contributed by atoms with Crippen molar-refractivity contribution in [1.29, 1.82) is 0 Å². The van der Waals surface area contributed by atoms with Gasteiger partial charge in [0.05, 0.1) is 32.3 Å². The molecule has 0 bridgehead atoms. The van der Waals surface area contributed by atoms with Gasteiger partial charge in [0, 0.05) is 17.7 Å². The zero-order valence-corrected chi connectivity index (χ0v) is 16.5. The number of aliphatic carboxylic acids is 1. The molecule has 1 atom stereocenters. The number of benzene rings is 2. The fraction of sp³-hybridized carbons (Fsp3) is 0.227. The monoisotopic (exact) mass is 411 g/mol. The van der Waals surface area contributed by atoms with E-state index in [9.17, 15) is 19.5 Å². The molecule has 1 aliphatic heterocycles. The van der Waals surface area contributed by atoms with Crippen molar-refractivity contribution in [1.82, 2.24) is 4.90 Å². The lowest BCUT2D eigenvalue weighted by Crippen LogP contribution is -2.32. The molecule has 0 radical (unpaired) electrons. The minimum Gasteiger partial charge on any atom is -0.507 e. The smallest absolute Gasteiger partial charge is 0.305 e. The predicted octanol–water partition coefficient (Wildman–Crippen LogP) is 2.60. The van der Waals surface area contributed by atoms with Crippen molar-refractivity contribution in [2.45, 2.75) is 12.5 Å². The lowest BCUT2D eigenvalue weighted by molar-refractivity contribution is -0.142. The maximum absolute atomic E-state index is 12.9. The number of methoxy groups -OCH3 is 2. The van der Waals surface area contributed by atoms with E-state index in [4.69, 9.17) is 14.6 Å². The Morgan fingerprint density at radius 2 is 1.67 bits per heavy atom. The third-order valence-corrected chi connectivity index (χ3v) is 4.90. The number of ketones is 1. The third kappa shape index (κ3) is 3.84. The van der Waals surface area contributed by atoms with E-state index in [-0.39, 0.29) is 24.3 Å². The van der Waals surface area contributed by atoms with Crippen LogP contribution in [0.3, 0.4) is 0 Å². The second-order valence-electron chi connectivity index (χ2n) is 6.61. The van der Waals surface area contributed by atoms with Gasteiger partial charge in [0.25, 0.3) is 11.7 Å². The summed E-state index contributed by atoms with van der Waals surface area (Å²) in [5, 5.41) is 20.0. The van der Waals surface area contributed by atoms with Gasteiger partial charge in [-0.25, -0.2) is 0 Å². The van der Waals surface area contributed by atoms with Crippen LogP contribution in [-0.4, -0.2) is 53.5 Å². The van der Waals surface area contributed by atoms with Gasteiger partial charge in [-0.2, -0.15) is 0 Å². The van der Waals surface area contributed by atoms with Crippen LogP contribution in [0.2, 0.25) is 0 Å². The van der Waals surface area contributed by atoms with E-state index in [0.29, 0.717) is 22.6 Å². The van der Waals surface area contributed by atoms with Crippen LogP contribution in [0.15, 0.2) is 54.1 Å². The minimum absolute atomic E-state index is 0.125. The number of aliphatic hydroxyl groups is 1. The fourth-order valence-electron chi connectivity index (χ4n) is 3.45. The molecule has 1 saturated heterocycles. The molecule has 0 spiro atoms. The Morgan fingerprint density at radius 3 is 2.27 bits per heavy atom. The van der Waals surface area contributed by atoms with Gasteiger partial charge >= 0.3 is 5.97 Å². The second-order valence-corrected chi connectivity index (χ2v) is 6.61. The largest absolute Gasteiger partial charge is 0.507 e. The number of carboxylic acid groups (broad SMARTS) is 1. The number of hydrogen-bond donors (Lipinski definition) is 2. The highest BCUT2D eigenvalue weighted by Crippen LogP contribution is 2.42. The number of aliphatic hydroxyl groups excluding tert-OH is 1. The molecule has 8 nitrogen and oxygen atoms in total. The summed E-state index contributed by atoms with van der Waals surface area (Å²) < 4.78 is 10.5. The van der Waals surface area contributed by atoms with E-state index in [1.807, 2.05) is 0 Å². The van der Waals surface area contributed by atoms with Gasteiger partial charge in [-0.15, -0.1) is 0 Å². The van der Waals surface area contributed by atoms with Gasteiger partial charge in [0.15, 0.2) is 0 Å². The van der Waals surface area contributed by atoms with E-state index in [1.165, 1.54) is 14.2 Å². The number of rotatable bonds is 7. The summed E-state index contributed by atoms with van der Waals surface area (Å²) >= 11 is 0. The topological polar surface area (TPSA) is 113 Å². The summed E-state index contributed by atoms with van der Waals surface area (Å²) in [5.41, 5.74) is 0.673. The first-order valence-electron chi connectivity index (χ1n) is 9.16. The molecule has 2 aromatic rings. The Morgan fingerprint density at radius 1 is 1.00 bits per heavy atom. The molecule has 2 N–H and O–H groups in total. The van der Waals surface area contributed by atoms with Crippen molar-refractivity contribution < 1.29 is 34.1 Å². The molecule has 2 aromatic carbocycles. The molecular formula is C22H21NO7. The molecule has 0 unspecified atom stereocenters. The number of carbonyl (C=O) groups excluding carboxylic acids is 2. The summed E-state index contributed by atoms with van der Waals surface area (Å²) in [7, 11) is 2.95. The Kier molecular flexibility index (Phi) is 6.06. The third-order valence-electron chi connectivity index (χ3n) is 4.90. The van der Waals surface area contributed by atoms with Gasteiger partial charge in [-0.05, 0) is 30.3 Å². The maximum atomic E-state index is 12.9. The minimum atomic E-state index is -1.11. The van der Waals surface area contributed by atoms with E-state index in [0.717, 1.165) is 4.90 Å². The highest BCUT2D eigenvalue weighted by molar-refractivity contribution is 6.46. The molecule has 1 fully saturated rings. The zero-order valence-electron chi connectivity index (χ0n) is 16.5. The summed E-state index contributed by atoms with van der Waals surface area (Å²) in [6.45, 7) is -0.192. The lowest BCUT2D eigenvalue weighted by atomic mass is 9.94. The summed E-state index contributed by atoms with van der Waals surface area (Å²) in [4.78, 5) is 37.8. The van der Waals surface area contributed by atoms with Crippen molar-refractivity contribution in [3.8, 4) is 11.5 Å². The lowest BCUT2D eigenvalue weighted by Gasteiger charge is -2.26. The van der Waals surface area contributed by atoms with Crippen LogP contribution in [0.25, 0.3) is 5.76 Å². The number of hydrogen-bond acceptors (Lipinski definition) is 6. The van der Waals surface area contributed by atoms with Crippen molar-refractivity contribution in [3.05, 3.63) is 65.2 Å². The second kappa shape index (κ2) is 8.69. The molecule has 156 valence electrons. The van der Waals surface area contributed by atoms with Crippen molar-refractivity contribution in [3.63, 3.8) is 0 Å². The van der Waals surface area contributed by atoms with Crippen LogP contribution in [0.5, 0.6) is 11.5 Å². The molecular weight excluding hydrogens is 390 g/mol. The van der Waals surface area contributed by atoms with Crippen molar-refractivity contribution >= 4 is 23.4 Å². The number of carboxylic acids is 1. The zero-order chi connectivity index (χ0) is 21.8. The predicted molar refractivity (Wildman–Crippen MR) is 107 cm³/mol. The first-order chi connectivity index (χ1) is 14.4. The molecule has 0 saturated carbocycles. The summed E-state index contributed by atoms with van der Waals surface area (Å²) in [5.74, 6) is -2.25. The SMILES string of the molecule is COc1ccc(C(O)=C2C(=O)C(=O)N(CCC(=O)O)[C@H]2c2ccccc2OC)cc1. The van der Waals surface area contributed by atoms with Crippen molar-refractivity contribution in [2.24, 2.45) is 0 Å². The molecule has 1 heterocycles.